The van der Waals surface area contributed by atoms with Crippen molar-refractivity contribution in [1.29, 1.82) is 0 Å². The van der Waals surface area contributed by atoms with E-state index in [1.165, 1.54) is 12.8 Å². The lowest BCUT2D eigenvalue weighted by Gasteiger charge is -2.26. The molecular formula is C11H24N2O. The lowest BCUT2D eigenvalue weighted by molar-refractivity contribution is 0.0988. The van der Waals surface area contributed by atoms with Crippen molar-refractivity contribution in [1.82, 2.24) is 4.90 Å². The first-order valence-electron chi connectivity index (χ1n) is 5.52. The molecule has 1 aliphatic carbocycles. The quantitative estimate of drug-likeness (QED) is 0.625. The molecule has 0 radical (unpaired) electrons. The minimum atomic E-state index is -0.106. The summed E-state index contributed by atoms with van der Waals surface area (Å²) in [5.41, 5.74) is 5.81. The third-order valence-corrected chi connectivity index (χ3v) is 2.35. The zero-order valence-electron chi connectivity index (χ0n) is 9.75. The van der Waals surface area contributed by atoms with Crippen LogP contribution in [0.4, 0.5) is 0 Å². The van der Waals surface area contributed by atoms with E-state index in [1.807, 2.05) is 0 Å². The van der Waals surface area contributed by atoms with Gasteiger partial charge in [-0.15, -0.1) is 0 Å². The average Bonchev–Trinajstić information content (AvgIpc) is 2.77. The summed E-state index contributed by atoms with van der Waals surface area (Å²) in [6.07, 6.45) is 2.73. The molecule has 0 atom stereocenters. The van der Waals surface area contributed by atoms with E-state index in [9.17, 15) is 0 Å². The summed E-state index contributed by atoms with van der Waals surface area (Å²) in [6, 6.07) is 0. The Hall–Kier alpha value is -0.120. The maximum absolute atomic E-state index is 5.92. The number of hydrogen-bond acceptors (Lipinski definition) is 3. The third kappa shape index (κ3) is 6.35. The maximum Gasteiger partial charge on any atom is 0.0593 e. The molecule has 0 unspecified atom stereocenters. The van der Waals surface area contributed by atoms with Gasteiger partial charge in [-0.2, -0.15) is 0 Å². The Kier molecular flexibility index (Phi) is 4.35. The van der Waals surface area contributed by atoms with E-state index in [4.69, 9.17) is 10.5 Å². The summed E-state index contributed by atoms with van der Waals surface area (Å²) >= 11 is 0. The molecule has 3 nitrogen and oxygen atoms in total. The van der Waals surface area contributed by atoms with Crippen molar-refractivity contribution >= 4 is 0 Å². The van der Waals surface area contributed by atoms with Crippen LogP contribution in [0.3, 0.4) is 0 Å². The van der Waals surface area contributed by atoms with Gasteiger partial charge in [-0.1, -0.05) is 0 Å². The second kappa shape index (κ2) is 5.10. The van der Waals surface area contributed by atoms with Crippen molar-refractivity contribution in [3.05, 3.63) is 0 Å². The molecule has 0 amide bonds. The van der Waals surface area contributed by atoms with Gasteiger partial charge in [-0.05, 0) is 39.7 Å². The van der Waals surface area contributed by atoms with Crippen molar-refractivity contribution in [2.24, 2.45) is 11.7 Å². The second-order valence-corrected chi connectivity index (χ2v) is 5.24. The van der Waals surface area contributed by atoms with Crippen molar-refractivity contribution in [3.8, 4) is 0 Å². The summed E-state index contributed by atoms with van der Waals surface area (Å²) in [6.45, 7) is 7.79. The highest BCUT2D eigenvalue weighted by atomic mass is 16.5. The second-order valence-electron chi connectivity index (χ2n) is 5.24. The van der Waals surface area contributed by atoms with E-state index < -0.39 is 0 Å². The van der Waals surface area contributed by atoms with Crippen LogP contribution in [0.2, 0.25) is 0 Å². The molecule has 1 aliphatic rings. The predicted molar refractivity (Wildman–Crippen MR) is 59.3 cm³/mol. The molecule has 1 saturated carbocycles. The first-order chi connectivity index (χ1) is 6.47. The minimum absolute atomic E-state index is 0.106. The molecule has 1 fully saturated rings. The molecule has 0 aromatic heterocycles. The number of rotatable bonds is 7. The first-order valence-corrected chi connectivity index (χ1v) is 5.52. The van der Waals surface area contributed by atoms with Gasteiger partial charge >= 0.3 is 0 Å². The number of nitrogens with two attached hydrogens (primary N) is 1. The SMILES string of the molecule is CN(CCOCC1CC1)CC(C)(C)N. The van der Waals surface area contributed by atoms with Crippen LogP contribution in [-0.4, -0.2) is 43.8 Å². The van der Waals surface area contributed by atoms with E-state index in [0.29, 0.717) is 0 Å². The van der Waals surface area contributed by atoms with Crippen molar-refractivity contribution < 1.29 is 4.74 Å². The molecule has 0 aromatic carbocycles. The summed E-state index contributed by atoms with van der Waals surface area (Å²) in [4.78, 5) is 2.23. The Balaban J connectivity index is 1.93. The van der Waals surface area contributed by atoms with Crippen molar-refractivity contribution in [3.63, 3.8) is 0 Å². The molecule has 0 aromatic rings. The highest BCUT2D eigenvalue weighted by molar-refractivity contribution is 4.75. The zero-order valence-corrected chi connectivity index (χ0v) is 9.75. The maximum atomic E-state index is 5.92. The molecule has 0 aliphatic heterocycles. The van der Waals surface area contributed by atoms with Crippen molar-refractivity contribution in [2.45, 2.75) is 32.2 Å². The fourth-order valence-corrected chi connectivity index (χ4v) is 1.53. The predicted octanol–water partition coefficient (Wildman–Crippen LogP) is 1.08. The van der Waals surface area contributed by atoms with Crippen LogP contribution >= 0.6 is 0 Å². The van der Waals surface area contributed by atoms with E-state index in [1.54, 1.807) is 0 Å². The molecule has 14 heavy (non-hydrogen) atoms. The van der Waals surface area contributed by atoms with Crippen molar-refractivity contribution in [2.75, 3.05) is 33.4 Å². The van der Waals surface area contributed by atoms with Gasteiger partial charge in [0.05, 0.1) is 6.61 Å². The molecule has 0 heterocycles. The largest absolute Gasteiger partial charge is 0.380 e. The molecular weight excluding hydrogens is 176 g/mol. The Morgan fingerprint density at radius 2 is 2.07 bits per heavy atom. The molecule has 2 N–H and O–H groups in total. The Bertz CT molecular complexity index is 161. The van der Waals surface area contributed by atoms with Crippen LogP contribution in [-0.2, 0) is 4.74 Å². The lowest BCUT2D eigenvalue weighted by atomic mass is 10.1. The Labute approximate surface area is 87.6 Å². The molecule has 0 saturated heterocycles. The number of nitrogens with zero attached hydrogens (tertiary/aromatic N) is 1. The minimum Gasteiger partial charge on any atom is -0.380 e. The number of ether oxygens (including phenoxy) is 1. The van der Waals surface area contributed by atoms with E-state index >= 15 is 0 Å². The Morgan fingerprint density at radius 3 is 2.57 bits per heavy atom. The highest BCUT2D eigenvalue weighted by Gasteiger charge is 2.21. The Morgan fingerprint density at radius 1 is 1.43 bits per heavy atom. The van der Waals surface area contributed by atoms with Gasteiger partial charge in [-0.3, -0.25) is 0 Å². The summed E-state index contributed by atoms with van der Waals surface area (Å²) in [5, 5.41) is 0. The van der Waals surface area contributed by atoms with E-state index in [-0.39, 0.29) is 5.54 Å². The van der Waals surface area contributed by atoms with Gasteiger partial charge in [-0.25, -0.2) is 0 Å². The van der Waals surface area contributed by atoms with Gasteiger partial charge < -0.3 is 15.4 Å². The van der Waals surface area contributed by atoms with Gasteiger partial charge in [0, 0.05) is 25.2 Å². The van der Waals surface area contributed by atoms with Crippen LogP contribution in [0.1, 0.15) is 26.7 Å². The molecule has 1 rings (SSSR count). The van der Waals surface area contributed by atoms with E-state index in [2.05, 4.69) is 25.8 Å². The summed E-state index contributed by atoms with van der Waals surface area (Å²) in [5.74, 6) is 0.867. The number of hydrogen-bond donors (Lipinski definition) is 1. The summed E-state index contributed by atoms with van der Waals surface area (Å²) in [7, 11) is 2.09. The van der Waals surface area contributed by atoms with Crippen LogP contribution in [0, 0.1) is 5.92 Å². The highest BCUT2D eigenvalue weighted by Crippen LogP contribution is 2.28. The molecule has 0 bridgehead atoms. The third-order valence-electron chi connectivity index (χ3n) is 2.35. The van der Waals surface area contributed by atoms with Gasteiger partial charge in [0.15, 0.2) is 0 Å². The zero-order chi connectivity index (χ0) is 10.6. The van der Waals surface area contributed by atoms with Crippen LogP contribution < -0.4 is 5.73 Å². The number of likely N-dealkylation sites (N-methyl/N-ethyl adjacent to an activating group) is 1. The lowest BCUT2D eigenvalue weighted by Crippen LogP contribution is -2.44. The monoisotopic (exact) mass is 200 g/mol. The standard InChI is InChI=1S/C11H24N2O/c1-11(2,12)9-13(3)6-7-14-8-10-4-5-10/h10H,4-9,12H2,1-3H3. The fraction of sp³-hybridized carbons (Fsp3) is 1.00. The topological polar surface area (TPSA) is 38.5 Å². The molecule has 0 spiro atoms. The normalized spacial score (nSPS) is 17.8. The molecule has 84 valence electrons. The summed E-state index contributed by atoms with van der Waals surface area (Å²) < 4.78 is 5.56. The van der Waals surface area contributed by atoms with Crippen LogP contribution in [0.5, 0.6) is 0 Å². The van der Waals surface area contributed by atoms with Crippen LogP contribution in [0.25, 0.3) is 0 Å². The smallest absolute Gasteiger partial charge is 0.0593 e. The van der Waals surface area contributed by atoms with Gasteiger partial charge in [0.25, 0.3) is 0 Å². The molecule has 3 heteroatoms. The van der Waals surface area contributed by atoms with Gasteiger partial charge in [0.1, 0.15) is 0 Å². The van der Waals surface area contributed by atoms with Crippen LogP contribution in [0.15, 0.2) is 0 Å². The fourth-order valence-electron chi connectivity index (χ4n) is 1.53. The first kappa shape index (κ1) is 12.0. The average molecular weight is 200 g/mol. The van der Waals surface area contributed by atoms with Gasteiger partial charge in [0.2, 0.25) is 0 Å². The van der Waals surface area contributed by atoms with E-state index in [0.717, 1.165) is 32.2 Å².